The predicted octanol–water partition coefficient (Wildman–Crippen LogP) is 6.76. The lowest BCUT2D eigenvalue weighted by Crippen LogP contribution is -2.59. The third-order valence-corrected chi connectivity index (χ3v) is 9.60. The maximum Gasteiger partial charge on any atom is 0.334 e. The molecule has 200 valence electrons. The minimum atomic E-state index is -4.27. The van der Waals surface area contributed by atoms with E-state index in [1.54, 1.807) is 57.2 Å². The number of carbonyl (C=O) groups is 2. The molecule has 5 rings (SSSR count). The molecule has 1 aliphatic heterocycles. The zero-order chi connectivity index (χ0) is 28.2. The number of alkyl halides is 1. The third-order valence-electron chi connectivity index (χ3n) is 6.69. The molecule has 8 heteroatoms. The van der Waals surface area contributed by atoms with Crippen LogP contribution in [0, 0.1) is 6.92 Å². The number of hydrogen-bond acceptors (Lipinski definition) is 5. The Bertz CT molecular complexity index is 1710. The van der Waals surface area contributed by atoms with Gasteiger partial charge in [-0.15, -0.1) is 0 Å². The van der Waals surface area contributed by atoms with E-state index >= 15 is 0 Å². The number of benzene rings is 4. The number of Topliss-reactive ketones (excluding diaryl/α,β-unsaturated/α-hetero) is 1. The van der Waals surface area contributed by atoms with Crippen molar-refractivity contribution < 1.29 is 22.7 Å². The van der Waals surface area contributed by atoms with Crippen molar-refractivity contribution in [1.82, 2.24) is 0 Å². The monoisotopic (exact) mass is 605 g/mol. The number of sulfonamides is 1. The summed E-state index contributed by atoms with van der Waals surface area (Å²) in [7, 11) is -4.27. The number of rotatable bonds is 4. The first kappa shape index (κ1) is 27.1. The van der Waals surface area contributed by atoms with Crippen molar-refractivity contribution in [2.45, 2.75) is 48.6 Å². The van der Waals surface area contributed by atoms with Gasteiger partial charge < -0.3 is 4.74 Å². The SMILES string of the molecule is Cc1ccc(S(=O)(=O)N2c3ccccc3C(=O)[C@@](Br)(C(=O)OC(C)(C)C)[C@H]2c2ccc3ccccc3c2)cc1. The first-order chi connectivity index (χ1) is 18.3. The molecule has 0 fully saturated rings. The van der Waals surface area contributed by atoms with Gasteiger partial charge in [0.1, 0.15) is 11.6 Å². The van der Waals surface area contributed by atoms with Gasteiger partial charge in [-0.25, -0.2) is 13.2 Å². The molecule has 0 amide bonds. The average molecular weight is 607 g/mol. The number of ether oxygens (including phenoxy) is 1. The molecule has 6 nitrogen and oxygen atoms in total. The van der Waals surface area contributed by atoms with Gasteiger partial charge in [-0.3, -0.25) is 9.10 Å². The molecule has 0 aliphatic carbocycles. The zero-order valence-corrected chi connectivity index (χ0v) is 24.4. The zero-order valence-electron chi connectivity index (χ0n) is 22.0. The van der Waals surface area contributed by atoms with Crippen LogP contribution in [0.1, 0.15) is 48.3 Å². The number of carbonyl (C=O) groups excluding carboxylic acids is 2. The number of aryl methyl sites for hydroxylation is 1. The highest BCUT2D eigenvalue weighted by Gasteiger charge is 2.61. The fourth-order valence-electron chi connectivity index (χ4n) is 4.87. The van der Waals surface area contributed by atoms with Crippen LogP contribution >= 0.6 is 15.9 Å². The Kier molecular flexibility index (Phi) is 6.67. The van der Waals surface area contributed by atoms with Crippen LogP contribution in [0.5, 0.6) is 0 Å². The topological polar surface area (TPSA) is 80.8 Å². The summed E-state index contributed by atoms with van der Waals surface area (Å²) in [6, 6.07) is 24.7. The second kappa shape index (κ2) is 9.61. The van der Waals surface area contributed by atoms with Crippen molar-refractivity contribution in [1.29, 1.82) is 0 Å². The minimum absolute atomic E-state index is 0.0436. The van der Waals surface area contributed by atoms with E-state index < -0.39 is 37.7 Å². The molecule has 0 bridgehead atoms. The molecule has 1 aliphatic rings. The molecule has 0 unspecified atom stereocenters. The lowest BCUT2D eigenvalue weighted by atomic mass is 9.81. The van der Waals surface area contributed by atoms with Crippen LogP contribution in [-0.2, 0) is 19.6 Å². The highest BCUT2D eigenvalue weighted by molar-refractivity contribution is 9.10. The van der Waals surface area contributed by atoms with Gasteiger partial charge in [-0.05, 0) is 74.4 Å². The van der Waals surface area contributed by atoms with Crippen LogP contribution in [0.15, 0.2) is 95.9 Å². The average Bonchev–Trinajstić information content (AvgIpc) is 2.89. The normalized spacial score (nSPS) is 19.6. The maximum atomic E-state index is 14.5. The molecule has 1 heterocycles. The van der Waals surface area contributed by atoms with Crippen molar-refractivity contribution in [3.63, 3.8) is 0 Å². The van der Waals surface area contributed by atoms with Crippen LogP contribution in [0.2, 0.25) is 0 Å². The van der Waals surface area contributed by atoms with E-state index in [1.165, 1.54) is 22.5 Å². The van der Waals surface area contributed by atoms with E-state index in [9.17, 15) is 18.0 Å². The first-order valence-electron chi connectivity index (χ1n) is 12.5. The van der Waals surface area contributed by atoms with Gasteiger partial charge in [0, 0.05) is 5.56 Å². The summed E-state index contributed by atoms with van der Waals surface area (Å²) < 4.78 is 33.8. The second-order valence-corrected chi connectivity index (χ2v) is 13.7. The molecule has 0 radical (unpaired) electrons. The van der Waals surface area contributed by atoms with Crippen LogP contribution in [0.3, 0.4) is 0 Å². The number of halogens is 1. The lowest BCUT2D eigenvalue weighted by molar-refractivity contribution is -0.156. The van der Waals surface area contributed by atoms with E-state index in [-0.39, 0.29) is 16.1 Å². The maximum absolute atomic E-state index is 14.5. The Hall–Kier alpha value is -3.49. The van der Waals surface area contributed by atoms with Gasteiger partial charge in [-0.1, -0.05) is 82.2 Å². The number of para-hydroxylation sites is 1. The fraction of sp³-hybridized carbons (Fsp3) is 0.226. The van der Waals surface area contributed by atoms with E-state index in [4.69, 9.17) is 4.74 Å². The summed E-state index contributed by atoms with van der Waals surface area (Å²) in [6.45, 7) is 6.98. The van der Waals surface area contributed by atoms with Crippen LogP contribution < -0.4 is 4.31 Å². The van der Waals surface area contributed by atoms with Gasteiger partial charge in [0.15, 0.2) is 5.78 Å². The summed E-state index contributed by atoms with van der Waals surface area (Å²) in [5, 5.41) is 1.78. The number of esters is 1. The second-order valence-electron chi connectivity index (χ2n) is 10.7. The van der Waals surface area contributed by atoms with Crippen molar-refractivity contribution in [2.75, 3.05) is 4.31 Å². The van der Waals surface area contributed by atoms with Crippen LogP contribution in [0.25, 0.3) is 10.8 Å². The van der Waals surface area contributed by atoms with Gasteiger partial charge >= 0.3 is 5.97 Å². The highest BCUT2D eigenvalue weighted by Crippen LogP contribution is 2.52. The van der Waals surface area contributed by atoms with Gasteiger partial charge in [0.05, 0.1) is 10.6 Å². The summed E-state index contributed by atoms with van der Waals surface area (Å²) in [5.41, 5.74) is 0.740. The quantitative estimate of drug-likeness (QED) is 0.146. The van der Waals surface area contributed by atoms with Crippen molar-refractivity contribution in [3.05, 3.63) is 108 Å². The molecule has 0 spiro atoms. The van der Waals surface area contributed by atoms with Gasteiger partial charge in [0.25, 0.3) is 10.0 Å². The highest BCUT2D eigenvalue weighted by atomic mass is 79.9. The van der Waals surface area contributed by atoms with E-state index in [1.807, 2.05) is 43.3 Å². The third kappa shape index (κ3) is 4.66. The van der Waals surface area contributed by atoms with E-state index in [2.05, 4.69) is 15.9 Å². The molecule has 4 aromatic carbocycles. The largest absolute Gasteiger partial charge is 0.459 e. The van der Waals surface area contributed by atoms with Gasteiger partial charge in [0.2, 0.25) is 4.32 Å². The number of hydrogen-bond donors (Lipinski definition) is 0. The summed E-state index contributed by atoms with van der Waals surface area (Å²) in [5.74, 6) is -1.43. The molecular formula is C31H28BrNO5S. The van der Waals surface area contributed by atoms with Crippen molar-refractivity contribution in [2.24, 2.45) is 0 Å². The summed E-state index contributed by atoms with van der Waals surface area (Å²) in [4.78, 5) is 28.2. The minimum Gasteiger partial charge on any atom is -0.459 e. The Labute approximate surface area is 236 Å². The Balaban J connectivity index is 1.85. The Morgan fingerprint density at radius 1 is 0.897 bits per heavy atom. The number of anilines is 1. The van der Waals surface area contributed by atoms with Crippen molar-refractivity contribution in [3.8, 4) is 0 Å². The molecule has 0 saturated heterocycles. The van der Waals surface area contributed by atoms with Gasteiger partial charge in [-0.2, -0.15) is 0 Å². The smallest absolute Gasteiger partial charge is 0.334 e. The van der Waals surface area contributed by atoms with E-state index in [0.717, 1.165) is 16.3 Å². The fourth-order valence-corrected chi connectivity index (χ4v) is 7.45. The number of fused-ring (bicyclic) bond motifs is 2. The molecule has 2 atom stereocenters. The number of ketones is 1. The standard InChI is InChI=1S/C31H28BrNO5S/c1-20-13-17-24(18-14-20)39(36,37)33-26-12-8-7-11-25(26)28(34)31(32,29(35)38-30(2,3)4)27(33)23-16-15-21-9-5-6-10-22(21)19-23/h5-19,27H,1-4H3/t27-,31-/m1/s1. The summed E-state index contributed by atoms with van der Waals surface area (Å²) >= 11 is 3.50. The van der Waals surface area contributed by atoms with Crippen molar-refractivity contribution >= 4 is 54.2 Å². The Morgan fingerprint density at radius 3 is 2.18 bits per heavy atom. The Morgan fingerprint density at radius 2 is 1.51 bits per heavy atom. The lowest BCUT2D eigenvalue weighted by Gasteiger charge is -2.45. The van der Waals surface area contributed by atoms with E-state index in [0.29, 0.717) is 5.56 Å². The molecule has 0 saturated carbocycles. The predicted molar refractivity (Wildman–Crippen MR) is 156 cm³/mol. The molecule has 0 N–H and O–H groups in total. The molecule has 4 aromatic rings. The summed E-state index contributed by atoms with van der Waals surface area (Å²) in [6.07, 6.45) is 0. The first-order valence-corrected chi connectivity index (χ1v) is 14.7. The molecular weight excluding hydrogens is 578 g/mol. The molecule has 0 aromatic heterocycles. The van der Waals surface area contributed by atoms with Crippen LogP contribution in [-0.4, -0.2) is 30.1 Å². The molecule has 39 heavy (non-hydrogen) atoms. The van der Waals surface area contributed by atoms with Crippen LogP contribution in [0.4, 0.5) is 5.69 Å². The number of nitrogens with zero attached hydrogens (tertiary/aromatic N) is 1.